The number of alkyl halides is 6. The van der Waals surface area contributed by atoms with Gasteiger partial charge in [-0.1, -0.05) is 0 Å². The molecule has 46 heavy (non-hydrogen) atoms. The molecule has 0 atom stereocenters. The van der Waals surface area contributed by atoms with Crippen molar-refractivity contribution in [2.24, 2.45) is 5.73 Å². The molecule has 2 saturated heterocycles. The van der Waals surface area contributed by atoms with Crippen molar-refractivity contribution in [3.05, 3.63) is 0 Å². The van der Waals surface area contributed by atoms with Gasteiger partial charge in [-0.15, -0.1) is 0 Å². The Morgan fingerprint density at radius 2 is 1.02 bits per heavy atom. The molecule has 0 bridgehead atoms. The molecule has 0 radical (unpaired) electrons. The number of carbonyl (C=O) groups excluding carboxylic acids is 5. The molecular weight excluding hydrogens is 634 g/mol. The van der Waals surface area contributed by atoms with Gasteiger partial charge in [0, 0.05) is 44.2 Å². The monoisotopic (exact) mass is 680 g/mol. The summed E-state index contributed by atoms with van der Waals surface area (Å²) in [5, 5.41) is 2.00. The highest BCUT2D eigenvalue weighted by molar-refractivity contribution is 5.87. The Bertz CT molecular complexity index is 1060. The van der Waals surface area contributed by atoms with Gasteiger partial charge in [0.25, 0.3) is 0 Å². The number of likely N-dealkylation sites (tertiary alicyclic amines) is 2. The fourth-order valence-corrected chi connectivity index (χ4v) is 3.69. The number of hydrogen-bond acceptors (Lipinski definition) is 9. The van der Waals surface area contributed by atoms with Crippen molar-refractivity contribution < 1.29 is 64.5 Å². The first-order valence-corrected chi connectivity index (χ1v) is 14.3. The third-order valence-electron chi connectivity index (χ3n) is 6.22. The second-order valence-corrected chi connectivity index (χ2v) is 13.5. The molecular formula is C28H46F6N4O8. The van der Waals surface area contributed by atoms with Crippen molar-refractivity contribution >= 4 is 30.0 Å². The average Bonchev–Trinajstić information content (AvgIpc) is 2.81. The highest BCUT2D eigenvalue weighted by Crippen LogP contribution is 2.26. The van der Waals surface area contributed by atoms with E-state index in [9.17, 15) is 50.3 Å². The molecule has 2 aliphatic rings. The molecule has 3 N–H and O–H groups in total. The van der Waals surface area contributed by atoms with Gasteiger partial charge in [-0.2, -0.15) is 26.3 Å². The summed E-state index contributed by atoms with van der Waals surface area (Å²) in [6.07, 6.45) is -8.54. The summed E-state index contributed by atoms with van der Waals surface area (Å²) in [5.74, 6) is -5.71. The quantitative estimate of drug-likeness (QED) is 0.171. The lowest BCUT2D eigenvalue weighted by Crippen LogP contribution is -2.57. The van der Waals surface area contributed by atoms with Crippen molar-refractivity contribution in [3.63, 3.8) is 0 Å². The van der Waals surface area contributed by atoms with Crippen LogP contribution in [0.3, 0.4) is 0 Å². The highest BCUT2D eigenvalue weighted by atomic mass is 19.4. The van der Waals surface area contributed by atoms with E-state index in [4.69, 9.17) is 15.2 Å². The van der Waals surface area contributed by atoms with E-state index in [0.29, 0.717) is 20.0 Å². The number of ether oxygens (including phenoxy) is 3. The Morgan fingerprint density at radius 3 is 1.28 bits per heavy atom. The summed E-state index contributed by atoms with van der Waals surface area (Å²) < 4.78 is 84.1. The van der Waals surface area contributed by atoms with Crippen LogP contribution in [0.1, 0.15) is 88.0 Å². The molecule has 3 amide bonds. The fourth-order valence-electron chi connectivity index (χ4n) is 3.69. The number of esters is 2. The second-order valence-electron chi connectivity index (χ2n) is 13.5. The minimum absolute atomic E-state index is 0.126. The highest BCUT2D eigenvalue weighted by Gasteiger charge is 2.44. The number of halogens is 6. The van der Waals surface area contributed by atoms with Crippen LogP contribution in [-0.2, 0) is 28.6 Å². The third-order valence-corrected chi connectivity index (χ3v) is 6.22. The molecule has 2 aliphatic heterocycles. The number of carbonyl (C=O) groups is 5. The predicted octanol–water partition coefficient (Wildman–Crippen LogP) is 4.83. The standard InChI is InChI=1S/C13H21F3N2O3.C11H22N2O2.C4H3F3O3/c1-11(2,3)21-10(20)18-7-5-12(4,6-8-18)17-9(19)13(14,15)16;1-10(2,3)15-9(14)13-7-5-11(4,12)6-8-13;1-2(8)10-3(9)4(5,6)7/h5-8H2,1-4H3,(H,17,19);5-8,12H2,1-4H3;1H3. The van der Waals surface area contributed by atoms with Crippen LogP contribution in [0.25, 0.3) is 0 Å². The number of hydrogen-bond donors (Lipinski definition) is 2. The van der Waals surface area contributed by atoms with E-state index in [1.165, 1.54) is 4.90 Å². The molecule has 0 spiro atoms. The Morgan fingerprint density at radius 1 is 0.674 bits per heavy atom. The van der Waals surface area contributed by atoms with E-state index in [1.807, 2.05) is 33.0 Å². The van der Waals surface area contributed by atoms with Crippen molar-refractivity contribution in [1.82, 2.24) is 15.1 Å². The number of rotatable bonds is 1. The lowest BCUT2D eigenvalue weighted by Gasteiger charge is -2.40. The van der Waals surface area contributed by atoms with Crippen LogP contribution in [0, 0.1) is 0 Å². The molecule has 18 heteroatoms. The van der Waals surface area contributed by atoms with Crippen molar-refractivity contribution in [2.45, 2.75) is 123 Å². The molecule has 12 nitrogen and oxygen atoms in total. The van der Waals surface area contributed by atoms with Crippen LogP contribution in [0.4, 0.5) is 35.9 Å². The third kappa shape index (κ3) is 18.0. The van der Waals surface area contributed by atoms with Gasteiger partial charge in [0.1, 0.15) is 11.2 Å². The lowest BCUT2D eigenvalue weighted by atomic mass is 9.89. The molecule has 0 saturated carbocycles. The summed E-state index contributed by atoms with van der Waals surface area (Å²) in [7, 11) is 0. The van der Waals surface area contributed by atoms with Gasteiger partial charge < -0.3 is 35.1 Å². The maximum absolute atomic E-state index is 12.3. The van der Waals surface area contributed by atoms with E-state index in [1.54, 1.807) is 32.6 Å². The smallest absolute Gasteiger partial charge is 0.444 e. The largest absolute Gasteiger partial charge is 0.491 e. The Balaban J connectivity index is 0.000000708. The number of nitrogens with zero attached hydrogens (tertiary/aromatic N) is 2. The van der Waals surface area contributed by atoms with E-state index in [0.717, 1.165) is 12.8 Å². The first-order valence-electron chi connectivity index (χ1n) is 14.3. The number of nitrogens with two attached hydrogens (primary N) is 1. The zero-order valence-electron chi connectivity index (χ0n) is 27.7. The topological polar surface area (TPSA) is 158 Å². The van der Waals surface area contributed by atoms with Crippen LogP contribution in [0.5, 0.6) is 0 Å². The Hall–Kier alpha value is -3.31. The number of piperidine rings is 2. The maximum atomic E-state index is 12.3. The minimum atomic E-state index is -5.09. The Labute approximate surface area is 264 Å². The van der Waals surface area contributed by atoms with Crippen LogP contribution >= 0.6 is 0 Å². The number of amides is 3. The van der Waals surface area contributed by atoms with Gasteiger partial charge in [-0.05, 0) is 81.1 Å². The molecule has 2 rings (SSSR count). The SMILES string of the molecule is CC(=O)OC(=O)C(F)(F)F.CC1(N)CCN(C(=O)OC(C)(C)C)CC1.CC1(NC(=O)C(F)(F)F)CCN(C(=O)OC(C)(C)C)CC1. The molecule has 0 unspecified atom stereocenters. The van der Waals surface area contributed by atoms with Gasteiger partial charge in [0.2, 0.25) is 0 Å². The normalized spacial score (nSPS) is 18.0. The second kappa shape index (κ2) is 16.0. The summed E-state index contributed by atoms with van der Waals surface area (Å²) in [4.78, 5) is 57.2. The van der Waals surface area contributed by atoms with E-state index in [2.05, 4.69) is 4.74 Å². The fraction of sp³-hybridized carbons (Fsp3) is 0.821. The number of nitrogens with one attached hydrogen (secondary N) is 1. The van der Waals surface area contributed by atoms with Crippen molar-refractivity contribution in [3.8, 4) is 0 Å². The molecule has 268 valence electrons. The molecule has 2 fully saturated rings. The summed E-state index contributed by atoms with van der Waals surface area (Å²) >= 11 is 0. The first-order chi connectivity index (χ1) is 20.4. The van der Waals surface area contributed by atoms with Crippen molar-refractivity contribution in [1.29, 1.82) is 0 Å². The van der Waals surface area contributed by atoms with E-state index in [-0.39, 0.29) is 37.6 Å². The van der Waals surface area contributed by atoms with Gasteiger partial charge in [0.05, 0.1) is 0 Å². The van der Waals surface area contributed by atoms with Crippen LogP contribution in [-0.4, -0.2) is 101 Å². The molecule has 0 aromatic rings. The minimum Gasteiger partial charge on any atom is -0.444 e. The summed E-state index contributed by atoms with van der Waals surface area (Å²) in [5.41, 5.74) is 3.86. The van der Waals surface area contributed by atoms with Crippen LogP contribution in [0.2, 0.25) is 0 Å². The summed E-state index contributed by atoms with van der Waals surface area (Å²) in [6.45, 7) is 17.0. The van der Waals surface area contributed by atoms with Crippen molar-refractivity contribution in [2.75, 3.05) is 26.2 Å². The van der Waals surface area contributed by atoms with Gasteiger partial charge in [-0.25, -0.2) is 14.4 Å². The predicted molar refractivity (Wildman–Crippen MR) is 152 cm³/mol. The van der Waals surface area contributed by atoms with Gasteiger partial charge in [-0.3, -0.25) is 9.59 Å². The molecule has 0 aromatic heterocycles. The van der Waals surface area contributed by atoms with Crippen LogP contribution < -0.4 is 11.1 Å². The Kier molecular flexibility index (Phi) is 14.8. The zero-order chi connectivity index (χ0) is 36.5. The van der Waals surface area contributed by atoms with E-state index < -0.39 is 53.0 Å². The molecule has 0 aliphatic carbocycles. The van der Waals surface area contributed by atoms with Gasteiger partial charge in [0.15, 0.2) is 0 Å². The van der Waals surface area contributed by atoms with Gasteiger partial charge >= 0.3 is 42.4 Å². The average molecular weight is 681 g/mol. The molecule has 2 heterocycles. The van der Waals surface area contributed by atoms with E-state index >= 15 is 0 Å². The lowest BCUT2D eigenvalue weighted by molar-refractivity contribution is -0.201. The zero-order valence-corrected chi connectivity index (χ0v) is 27.7. The molecule has 0 aromatic carbocycles. The van der Waals surface area contributed by atoms with Crippen LogP contribution in [0.15, 0.2) is 0 Å². The maximum Gasteiger partial charge on any atom is 0.491 e. The summed E-state index contributed by atoms with van der Waals surface area (Å²) in [6, 6.07) is 0. The first kappa shape index (κ1) is 42.7.